The molecule has 25 heavy (non-hydrogen) atoms. The van der Waals surface area contributed by atoms with E-state index in [-0.39, 0.29) is 11.9 Å². The van der Waals surface area contributed by atoms with Crippen molar-refractivity contribution < 1.29 is 4.79 Å². The maximum Gasteiger partial charge on any atom is 0.244 e. The van der Waals surface area contributed by atoms with Gasteiger partial charge in [-0.2, -0.15) is 5.10 Å². The summed E-state index contributed by atoms with van der Waals surface area (Å²) in [4.78, 5) is 17.5. The van der Waals surface area contributed by atoms with E-state index in [0.29, 0.717) is 5.92 Å². The van der Waals surface area contributed by atoms with Crippen LogP contribution < -0.4 is 4.90 Å². The fraction of sp³-hybridized carbons (Fsp3) is 0.500. The van der Waals surface area contributed by atoms with Crippen LogP contribution in [0.4, 0.5) is 5.69 Å². The van der Waals surface area contributed by atoms with Crippen LogP contribution in [0, 0.1) is 0 Å². The molecule has 1 N–H and O–H groups in total. The number of amides is 1. The molecule has 0 spiro atoms. The predicted octanol–water partition coefficient (Wildman–Crippen LogP) is 2.96. The molecule has 5 heteroatoms. The Morgan fingerprint density at radius 3 is 2.80 bits per heavy atom. The molecular formula is C20H26N4O. The molecule has 1 amide bonds. The van der Waals surface area contributed by atoms with Crippen LogP contribution in [0.3, 0.4) is 0 Å². The number of fused-ring (bicyclic) bond motifs is 1. The molecule has 2 aromatic rings. The lowest BCUT2D eigenvalue weighted by atomic mass is 9.91. The Labute approximate surface area is 149 Å². The molecule has 3 heterocycles. The second-order valence-corrected chi connectivity index (χ2v) is 7.24. The molecule has 0 bridgehead atoms. The number of nitrogens with zero attached hydrogens (tertiary/aromatic N) is 3. The summed E-state index contributed by atoms with van der Waals surface area (Å²) in [6, 6.07) is 8.28. The number of rotatable bonds is 3. The van der Waals surface area contributed by atoms with Gasteiger partial charge in [-0.25, -0.2) is 0 Å². The predicted molar refractivity (Wildman–Crippen MR) is 98.7 cm³/mol. The summed E-state index contributed by atoms with van der Waals surface area (Å²) in [6.07, 6.45) is 8.24. The monoisotopic (exact) mass is 338 g/mol. The van der Waals surface area contributed by atoms with Crippen molar-refractivity contribution in [1.29, 1.82) is 0 Å². The molecule has 1 saturated heterocycles. The van der Waals surface area contributed by atoms with E-state index < -0.39 is 0 Å². The average molecular weight is 338 g/mol. The number of aryl methyl sites for hydroxylation is 1. The molecule has 2 aliphatic rings. The average Bonchev–Trinajstić information content (AvgIpc) is 3.21. The molecule has 1 fully saturated rings. The van der Waals surface area contributed by atoms with Gasteiger partial charge in [0.2, 0.25) is 5.91 Å². The van der Waals surface area contributed by atoms with Crippen molar-refractivity contribution in [1.82, 2.24) is 15.1 Å². The van der Waals surface area contributed by atoms with Gasteiger partial charge in [0.25, 0.3) is 0 Å². The van der Waals surface area contributed by atoms with Crippen molar-refractivity contribution >= 4 is 11.6 Å². The maximum absolute atomic E-state index is 13.1. The van der Waals surface area contributed by atoms with E-state index in [1.807, 2.05) is 23.4 Å². The largest absolute Gasteiger partial charge is 0.311 e. The summed E-state index contributed by atoms with van der Waals surface area (Å²) < 4.78 is 0. The summed E-state index contributed by atoms with van der Waals surface area (Å²) >= 11 is 0. The number of nitrogens with one attached hydrogen (secondary N) is 1. The van der Waals surface area contributed by atoms with Crippen molar-refractivity contribution in [2.75, 3.05) is 24.5 Å². The van der Waals surface area contributed by atoms with Gasteiger partial charge in [-0.05, 0) is 68.8 Å². The van der Waals surface area contributed by atoms with E-state index in [1.54, 1.807) is 0 Å². The topological polar surface area (TPSA) is 52.2 Å². The number of aromatic amines is 1. The van der Waals surface area contributed by atoms with Crippen molar-refractivity contribution in [2.45, 2.75) is 44.6 Å². The summed E-state index contributed by atoms with van der Waals surface area (Å²) in [5.41, 5.74) is 3.70. The van der Waals surface area contributed by atoms with Gasteiger partial charge in [-0.3, -0.25) is 14.8 Å². The number of hydrogen-bond acceptors (Lipinski definition) is 3. The number of likely N-dealkylation sites (tertiary alicyclic amines) is 1. The molecule has 1 atom stereocenters. The number of benzene rings is 1. The van der Waals surface area contributed by atoms with Crippen LogP contribution in [0.15, 0.2) is 36.7 Å². The highest BCUT2D eigenvalue weighted by Gasteiger charge is 2.32. The van der Waals surface area contributed by atoms with Crippen LogP contribution in [0.1, 0.15) is 43.2 Å². The van der Waals surface area contributed by atoms with E-state index >= 15 is 0 Å². The molecule has 4 rings (SSSR count). The van der Waals surface area contributed by atoms with Gasteiger partial charge in [-0.1, -0.05) is 18.2 Å². The van der Waals surface area contributed by atoms with Crippen molar-refractivity contribution in [3.05, 3.63) is 47.8 Å². The second kappa shape index (κ2) is 7.00. The number of carbonyl (C=O) groups excluding carboxylic acids is 1. The van der Waals surface area contributed by atoms with Crippen LogP contribution in [-0.2, 0) is 11.2 Å². The van der Waals surface area contributed by atoms with Crippen molar-refractivity contribution in [2.24, 2.45) is 0 Å². The third-order valence-electron chi connectivity index (χ3n) is 5.80. The van der Waals surface area contributed by atoms with Gasteiger partial charge < -0.3 is 4.90 Å². The zero-order valence-electron chi connectivity index (χ0n) is 14.8. The number of para-hydroxylation sites is 1. The minimum atomic E-state index is -0.0588. The SMILES string of the molecule is CC(C(=O)N1CCCc2ccccc21)N1CCC(c2cn[nH]c2)CC1. The van der Waals surface area contributed by atoms with Gasteiger partial charge in [0.1, 0.15) is 0 Å². The molecule has 5 nitrogen and oxygen atoms in total. The fourth-order valence-electron chi connectivity index (χ4n) is 4.25. The van der Waals surface area contributed by atoms with E-state index in [1.165, 1.54) is 11.1 Å². The first-order valence-electron chi connectivity index (χ1n) is 9.36. The smallest absolute Gasteiger partial charge is 0.244 e. The number of anilines is 1. The van der Waals surface area contributed by atoms with E-state index in [4.69, 9.17) is 0 Å². The number of hydrogen-bond donors (Lipinski definition) is 1. The van der Waals surface area contributed by atoms with Crippen molar-refractivity contribution in [3.8, 4) is 0 Å². The summed E-state index contributed by atoms with van der Waals surface area (Å²) in [7, 11) is 0. The summed E-state index contributed by atoms with van der Waals surface area (Å²) in [5.74, 6) is 0.807. The van der Waals surface area contributed by atoms with Crippen LogP contribution in [-0.4, -0.2) is 46.7 Å². The van der Waals surface area contributed by atoms with E-state index in [0.717, 1.165) is 51.0 Å². The van der Waals surface area contributed by atoms with Gasteiger partial charge in [0, 0.05) is 18.4 Å². The van der Waals surface area contributed by atoms with Crippen LogP contribution in [0.25, 0.3) is 0 Å². The number of aromatic nitrogens is 2. The lowest BCUT2D eigenvalue weighted by Gasteiger charge is -2.38. The Hall–Kier alpha value is -2.14. The highest BCUT2D eigenvalue weighted by molar-refractivity contribution is 5.98. The minimum absolute atomic E-state index is 0.0588. The molecule has 0 radical (unpaired) electrons. The van der Waals surface area contributed by atoms with Gasteiger partial charge in [0.15, 0.2) is 0 Å². The van der Waals surface area contributed by atoms with E-state index in [2.05, 4.69) is 40.2 Å². The number of H-pyrrole nitrogens is 1. The third-order valence-corrected chi connectivity index (χ3v) is 5.80. The first-order valence-corrected chi connectivity index (χ1v) is 9.36. The molecule has 1 unspecified atom stereocenters. The quantitative estimate of drug-likeness (QED) is 0.936. The summed E-state index contributed by atoms with van der Waals surface area (Å²) in [5, 5.41) is 6.97. The first-order chi connectivity index (χ1) is 12.2. The molecule has 2 aliphatic heterocycles. The van der Waals surface area contributed by atoms with Gasteiger partial charge >= 0.3 is 0 Å². The fourth-order valence-corrected chi connectivity index (χ4v) is 4.25. The molecule has 1 aromatic carbocycles. The molecule has 0 saturated carbocycles. The molecule has 0 aliphatic carbocycles. The highest BCUT2D eigenvalue weighted by Crippen LogP contribution is 2.30. The van der Waals surface area contributed by atoms with Crippen molar-refractivity contribution in [3.63, 3.8) is 0 Å². The number of carbonyl (C=O) groups is 1. The first kappa shape index (κ1) is 16.3. The lowest BCUT2D eigenvalue weighted by Crippen LogP contribution is -2.50. The van der Waals surface area contributed by atoms with E-state index in [9.17, 15) is 4.79 Å². The standard InChI is InChI=1S/C20H26N4O/c1-15(23-11-8-16(9-12-23)18-13-21-22-14-18)20(25)24-10-4-6-17-5-2-3-7-19(17)24/h2-3,5,7,13-16H,4,6,8-12H2,1H3,(H,21,22). The maximum atomic E-state index is 13.1. The Morgan fingerprint density at radius 1 is 1.24 bits per heavy atom. The summed E-state index contributed by atoms with van der Waals surface area (Å²) in [6.45, 7) is 4.85. The molecule has 132 valence electrons. The normalized spacial score (nSPS) is 20.3. The number of piperidine rings is 1. The second-order valence-electron chi connectivity index (χ2n) is 7.24. The Balaban J connectivity index is 1.42. The minimum Gasteiger partial charge on any atom is -0.311 e. The van der Waals surface area contributed by atoms with Crippen LogP contribution >= 0.6 is 0 Å². The Bertz CT molecular complexity index is 719. The van der Waals surface area contributed by atoms with Gasteiger partial charge in [-0.15, -0.1) is 0 Å². The third kappa shape index (κ3) is 3.21. The Kier molecular flexibility index (Phi) is 4.57. The lowest BCUT2D eigenvalue weighted by molar-refractivity contribution is -0.123. The Morgan fingerprint density at radius 2 is 2.04 bits per heavy atom. The zero-order valence-corrected chi connectivity index (χ0v) is 14.8. The van der Waals surface area contributed by atoms with Crippen LogP contribution in [0.5, 0.6) is 0 Å². The molecular weight excluding hydrogens is 312 g/mol. The van der Waals surface area contributed by atoms with Gasteiger partial charge in [0.05, 0.1) is 12.2 Å². The highest BCUT2D eigenvalue weighted by atomic mass is 16.2. The molecule has 1 aromatic heterocycles. The van der Waals surface area contributed by atoms with Crippen LogP contribution in [0.2, 0.25) is 0 Å². The zero-order chi connectivity index (χ0) is 17.2.